The van der Waals surface area contributed by atoms with Crippen LogP contribution in [0.15, 0.2) is 0 Å². The van der Waals surface area contributed by atoms with Crippen molar-refractivity contribution in [2.75, 3.05) is 32.7 Å². The summed E-state index contributed by atoms with van der Waals surface area (Å²) in [4.78, 5) is 5.13. The van der Waals surface area contributed by atoms with E-state index < -0.39 is 0 Å². The molecule has 2 fully saturated rings. The van der Waals surface area contributed by atoms with Crippen LogP contribution in [-0.2, 0) is 0 Å². The van der Waals surface area contributed by atoms with Crippen LogP contribution in [0.25, 0.3) is 0 Å². The first-order chi connectivity index (χ1) is 9.92. The molecule has 4 heteroatoms. The Morgan fingerprint density at radius 1 is 1.19 bits per heavy atom. The third-order valence-corrected chi connectivity index (χ3v) is 4.70. The molecule has 4 nitrogen and oxygen atoms in total. The Morgan fingerprint density at radius 3 is 2.29 bits per heavy atom. The number of piperazine rings is 1. The molecule has 0 radical (unpaired) electrons. The summed E-state index contributed by atoms with van der Waals surface area (Å²) in [5.74, 6) is 0.749. The van der Waals surface area contributed by atoms with E-state index in [0.717, 1.165) is 25.4 Å². The fraction of sp³-hybridized carbons (Fsp3) is 0.941. The summed E-state index contributed by atoms with van der Waals surface area (Å²) in [5, 5.41) is 13.0. The van der Waals surface area contributed by atoms with Crippen LogP contribution in [0.3, 0.4) is 0 Å². The Balaban J connectivity index is 1.78. The van der Waals surface area contributed by atoms with E-state index in [2.05, 4.69) is 48.9 Å². The summed E-state index contributed by atoms with van der Waals surface area (Å²) < 4.78 is 0. The highest BCUT2D eigenvalue weighted by atomic mass is 15.3. The highest BCUT2D eigenvalue weighted by molar-refractivity contribution is 5.08. The van der Waals surface area contributed by atoms with Gasteiger partial charge in [-0.05, 0) is 39.0 Å². The molecule has 21 heavy (non-hydrogen) atoms. The number of nitriles is 1. The van der Waals surface area contributed by atoms with Gasteiger partial charge in [0.25, 0.3) is 0 Å². The second-order valence-corrected chi connectivity index (χ2v) is 7.65. The van der Waals surface area contributed by atoms with Crippen molar-refractivity contribution >= 4 is 0 Å². The van der Waals surface area contributed by atoms with E-state index in [-0.39, 0.29) is 5.54 Å². The third-order valence-electron chi connectivity index (χ3n) is 4.70. The van der Waals surface area contributed by atoms with Crippen molar-refractivity contribution in [2.45, 2.75) is 64.6 Å². The van der Waals surface area contributed by atoms with E-state index in [1.165, 1.54) is 32.5 Å². The van der Waals surface area contributed by atoms with Crippen molar-refractivity contribution in [1.29, 1.82) is 5.26 Å². The van der Waals surface area contributed by atoms with Crippen LogP contribution in [0.1, 0.15) is 47.0 Å². The molecule has 1 aliphatic heterocycles. The van der Waals surface area contributed by atoms with Gasteiger partial charge in [-0.1, -0.05) is 13.8 Å². The highest BCUT2D eigenvalue weighted by Crippen LogP contribution is 2.25. The van der Waals surface area contributed by atoms with E-state index in [1.54, 1.807) is 0 Å². The van der Waals surface area contributed by atoms with E-state index in [1.807, 2.05) is 0 Å². The van der Waals surface area contributed by atoms with Gasteiger partial charge in [-0.3, -0.25) is 10.2 Å². The summed E-state index contributed by atoms with van der Waals surface area (Å²) in [7, 11) is 0. The molecule has 0 aromatic rings. The molecule has 1 aliphatic carbocycles. The van der Waals surface area contributed by atoms with Crippen molar-refractivity contribution in [2.24, 2.45) is 5.92 Å². The lowest BCUT2D eigenvalue weighted by Crippen LogP contribution is -2.53. The Kier molecular flexibility index (Phi) is 5.65. The number of hydrogen-bond donors (Lipinski definition) is 1. The number of nitrogens with zero attached hydrogens (tertiary/aromatic N) is 3. The van der Waals surface area contributed by atoms with Gasteiger partial charge in [0.15, 0.2) is 0 Å². The molecule has 0 spiro atoms. The average Bonchev–Trinajstić information content (AvgIpc) is 3.22. The first kappa shape index (κ1) is 16.7. The van der Waals surface area contributed by atoms with Crippen molar-refractivity contribution in [3.05, 3.63) is 0 Å². The summed E-state index contributed by atoms with van der Waals surface area (Å²) in [6.07, 6.45) is 3.39. The Labute approximate surface area is 130 Å². The van der Waals surface area contributed by atoms with Gasteiger partial charge in [0.2, 0.25) is 0 Å². The molecule has 1 N–H and O–H groups in total. The minimum Gasteiger partial charge on any atom is -0.301 e. The predicted molar refractivity (Wildman–Crippen MR) is 87.1 cm³/mol. The average molecular weight is 292 g/mol. The molecule has 2 rings (SSSR count). The molecule has 2 aliphatic rings. The minimum absolute atomic E-state index is 0.365. The van der Waals surface area contributed by atoms with Crippen LogP contribution in [0.2, 0.25) is 0 Å². The normalized spacial score (nSPS) is 25.5. The molecular formula is C17H32N4. The quantitative estimate of drug-likeness (QED) is 0.780. The fourth-order valence-corrected chi connectivity index (χ4v) is 3.44. The molecule has 1 heterocycles. The predicted octanol–water partition coefficient (Wildman–Crippen LogP) is 2.07. The lowest BCUT2D eigenvalue weighted by Gasteiger charge is -2.40. The Hall–Kier alpha value is -0.630. The number of nitrogens with one attached hydrogen (secondary N) is 1. The van der Waals surface area contributed by atoms with Crippen molar-refractivity contribution in [3.63, 3.8) is 0 Å². The first-order valence-corrected chi connectivity index (χ1v) is 8.57. The standard InChI is InChI=1S/C17H32N4/c1-14(2)12-20-7-9-21(10-8-20)15(3)11-17(4,13-18)19-16-5-6-16/h14-16,19H,5-12H2,1-4H3. The van der Waals surface area contributed by atoms with Gasteiger partial charge in [0.05, 0.1) is 6.07 Å². The van der Waals surface area contributed by atoms with Crippen molar-refractivity contribution in [1.82, 2.24) is 15.1 Å². The van der Waals surface area contributed by atoms with Gasteiger partial charge in [0, 0.05) is 44.8 Å². The topological polar surface area (TPSA) is 42.3 Å². The van der Waals surface area contributed by atoms with Gasteiger partial charge < -0.3 is 4.90 Å². The van der Waals surface area contributed by atoms with Crippen LogP contribution in [0, 0.1) is 17.2 Å². The van der Waals surface area contributed by atoms with Crippen molar-refractivity contribution in [3.8, 4) is 6.07 Å². The van der Waals surface area contributed by atoms with Gasteiger partial charge in [-0.15, -0.1) is 0 Å². The molecule has 0 aromatic carbocycles. The first-order valence-electron chi connectivity index (χ1n) is 8.57. The lowest BCUT2D eigenvalue weighted by molar-refractivity contribution is 0.0841. The van der Waals surface area contributed by atoms with E-state index in [9.17, 15) is 5.26 Å². The zero-order valence-electron chi connectivity index (χ0n) is 14.2. The maximum absolute atomic E-state index is 9.51. The van der Waals surface area contributed by atoms with Crippen LogP contribution in [0.4, 0.5) is 0 Å². The van der Waals surface area contributed by atoms with E-state index >= 15 is 0 Å². The maximum Gasteiger partial charge on any atom is 0.105 e. The van der Waals surface area contributed by atoms with Crippen LogP contribution in [-0.4, -0.2) is 60.1 Å². The molecular weight excluding hydrogens is 260 g/mol. The molecule has 1 saturated heterocycles. The fourth-order valence-electron chi connectivity index (χ4n) is 3.44. The molecule has 2 unspecified atom stereocenters. The van der Waals surface area contributed by atoms with E-state index in [0.29, 0.717) is 12.1 Å². The van der Waals surface area contributed by atoms with Crippen molar-refractivity contribution < 1.29 is 0 Å². The van der Waals surface area contributed by atoms with Crippen LogP contribution >= 0.6 is 0 Å². The summed E-state index contributed by atoms with van der Waals surface area (Å²) in [6.45, 7) is 14.7. The number of hydrogen-bond acceptors (Lipinski definition) is 4. The maximum atomic E-state index is 9.51. The Bertz CT molecular complexity index is 363. The Morgan fingerprint density at radius 2 is 1.81 bits per heavy atom. The third kappa shape index (κ3) is 5.25. The molecule has 0 bridgehead atoms. The largest absolute Gasteiger partial charge is 0.301 e. The monoisotopic (exact) mass is 292 g/mol. The van der Waals surface area contributed by atoms with Crippen LogP contribution < -0.4 is 5.32 Å². The second-order valence-electron chi connectivity index (χ2n) is 7.65. The van der Waals surface area contributed by atoms with Gasteiger partial charge >= 0.3 is 0 Å². The number of rotatable bonds is 7. The molecule has 0 aromatic heterocycles. The zero-order chi connectivity index (χ0) is 15.5. The van der Waals surface area contributed by atoms with Gasteiger partial charge in [-0.2, -0.15) is 5.26 Å². The molecule has 1 saturated carbocycles. The highest BCUT2D eigenvalue weighted by Gasteiger charge is 2.35. The lowest BCUT2D eigenvalue weighted by atomic mass is 9.94. The van der Waals surface area contributed by atoms with Gasteiger partial charge in [-0.25, -0.2) is 0 Å². The summed E-state index contributed by atoms with van der Waals surface area (Å²) >= 11 is 0. The molecule has 120 valence electrons. The molecule has 2 atom stereocenters. The SMILES string of the molecule is CC(C)CN1CCN(C(C)CC(C)(C#N)NC2CC2)CC1. The van der Waals surface area contributed by atoms with Crippen LogP contribution in [0.5, 0.6) is 0 Å². The minimum atomic E-state index is -0.365. The smallest absolute Gasteiger partial charge is 0.105 e. The molecule has 0 amide bonds. The zero-order valence-corrected chi connectivity index (χ0v) is 14.2. The summed E-state index contributed by atoms with van der Waals surface area (Å²) in [6, 6.07) is 3.57. The van der Waals surface area contributed by atoms with E-state index in [4.69, 9.17) is 0 Å². The summed E-state index contributed by atoms with van der Waals surface area (Å²) in [5.41, 5.74) is -0.365. The second kappa shape index (κ2) is 7.09. The van der Waals surface area contributed by atoms with Gasteiger partial charge in [0.1, 0.15) is 5.54 Å².